The first-order chi connectivity index (χ1) is 6.52. The van der Waals surface area contributed by atoms with Gasteiger partial charge in [-0.1, -0.05) is 18.2 Å². The van der Waals surface area contributed by atoms with E-state index < -0.39 is 12.4 Å². The van der Waals surface area contributed by atoms with Crippen molar-refractivity contribution in [2.24, 2.45) is 0 Å². The maximum Gasteiger partial charge on any atom is 0.503 e. The molecular formula is C9H12O5. The van der Waals surface area contributed by atoms with Crippen molar-refractivity contribution in [2.45, 2.75) is 13.2 Å². The fourth-order valence-electron chi connectivity index (χ4n) is 0.696. The molecule has 14 heavy (non-hydrogen) atoms. The molecule has 1 atom stereocenters. The molecule has 0 amide bonds. The molecule has 0 aliphatic carbocycles. The van der Waals surface area contributed by atoms with Gasteiger partial charge in [-0.3, -0.25) is 0 Å². The number of carbonyl (C=O) groups is 1. The van der Waals surface area contributed by atoms with Crippen LogP contribution in [0.4, 0.5) is 4.79 Å². The Hall–Kier alpha value is -1.75. The molecule has 1 aromatic rings. The van der Waals surface area contributed by atoms with Crippen LogP contribution in [-0.4, -0.2) is 27.8 Å². The number of para-hydroxylation sites is 1. The molecule has 0 heterocycles. The molecule has 5 nitrogen and oxygen atoms in total. The molecule has 0 bridgehead atoms. The highest BCUT2D eigenvalue weighted by molar-refractivity contribution is 5.53. The van der Waals surface area contributed by atoms with Gasteiger partial charge < -0.3 is 20.1 Å². The van der Waals surface area contributed by atoms with Crippen LogP contribution in [0.25, 0.3) is 0 Å². The topological polar surface area (TPSA) is 87.0 Å². The van der Waals surface area contributed by atoms with Gasteiger partial charge in [-0.05, 0) is 19.1 Å². The van der Waals surface area contributed by atoms with E-state index in [4.69, 9.17) is 24.9 Å². The van der Waals surface area contributed by atoms with Gasteiger partial charge in [0.1, 0.15) is 5.75 Å². The largest absolute Gasteiger partial charge is 0.503 e. The molecule has 1 unspecified atom stereocenters. The van der Waals surface area contributed by atoms with Crippen molar-refractivity contribution in [3.63, 3.8) is 0 Å². The SMILES string of the molecule is CC(O)Oc1ccccc1.O=C(O)O. The fourth-order valence-corrected chi connectivity index (χ4v) is 0.696. The maximum atomic E-state index is 8.78. The monoisotopic (exact) mass is 200 g/mol. The summed E-state index contributed by atoms with van der Waals surface area (Å²) in [5.41, 5.74) is 0. The van der Waals surface area contributed by atoms with E-state index in [1.54, 1.807) is 19.1 Å². The maximum absolute atomic E-state index is 8.78. The van der Waals surface area contributed by atoms with Crippen molar-refractivity contribution in [1.29, 1.82) is 0 Å². The van der Waals surface area contributed by atoms with Gasteiger partial charge in [-0.2, -0.15) is 0 Å². The highest BCUT2D eigenvalue weighted by atomic mass is 16.6. The van der Waals surface area contributed by atoms with Crippen LogP contribution in [0.15, 0.2) is 30.3 Å². The molecule has 0 aliphatic rings. The summed E-state index contributed by atoms with van der Waals surface area (Å²) in [6.07, 6.45) is -2.57. The van der Waals surface area contributed by atoms with Crippen LogP contribution in [0, 0.1) is 0 Å². The molecule has 5 heteroatoms. The van der Waals surface area contributed by atoms with Gasteiger partial charge in [0.2, 0.25) is 0 Å². The fraction of sp³-hybridized carbons (Fsp3) is 0.222. The summed E-state index contributed by atoms with van der Waals surface area (Å²) in [4.78, 5) is 8.56. The van der Waals surface area contributed by atoms with E-state index in [1.807, 2.05) is 18.2 Å². The summed E-state index contributed by atoms with van der Waals surface area (Å²) in [6.45, 7) is 1.58. The highest BCUT2D eigenvalue weighted by Crippen LogP contribution is 2.08. The molecule has 0 radical (unpaired) electrons. The summed E-state index contributed by atoms with van der Waals surface area (Å²) >= 11 is 0. The van der Waals surface area contributed by atoms with Crippen molar-refractivity contribution in [2.75, 3.05) is 0 Å². The number of hydrogen-bond donors (Lipinski definition) is 3. The van der Waals surface area contributed by atoms with E-state index in [0.29, 0.717) is 5.75 Å². The molecule has 78 valence electrons. The molecule has 0 spiro atoms. The zero-order chi connectivity index (χ0) is 11.0. The molecule has 0 saturated carbocycles. The van der Waals surface area contributed by atoms with E-state index in [-0.39, 0.29) is 0 Å². The second kappa shape index (κ2) is 6.73. The second-order valence-electron chi connectivity index (χ2n) is 2.31. The van der Waals surface area contributed by atoms with Gasteiger partial charge in [0.25, 0.3) is 0 Å². The zero-order valence-electron chi connectivity index (χ0n) is 7.62. The molecular weight excluding hydrogens is 188 g/mol. The van der Waals surface area contributed by atoms with Gasteiger partial charge in [0.15, 0.2) is 6.29 Å². The quantitative estimate of drug-likeness (QED) is 0.631. The Morgan fingerprint density at radius 3 is 2.07 bits per heavy atom. The first-order valence-corrected chi connectivity index (χ1v) is 3.84. The lowest BCUT2D eigenvalue weighted by molar-refractivity contribution is -0.000294. The minimum atomic E-state index is -1.83. The summed E-state index contributed by atoms with van der Waals surface area (Å²) in [6, 6.07) is 9.21. The average molecular weight is 200 g/mol. The van der Waals surface area contributed by atoms with Gasteiger partial charge in [-0.15, -0.1) is 0 Å². The first kappa shape index (κ1) is 12.2. The van der Waals surface area contributed by atoms with Gasteiger partial charge in [0, 0.05) is 0 Å². The van der Waals surface area contributed by atoms with Gasteiger partial charge >= 0.3 is 6.16 Å². The third kappa shape index (κ3) is 8.35. The predicted molar refractivity (Wildman–Crippen MR) is 49.4 cm³/mol. The summed E-state index contributed by atoms with van der Waals surface area (Å²) in [7, 11) is 0. The lowest BCUT2D eigenvalue weighted by atomic mass is 10.3. The summed E-state index contributed by atoms with van der Waals surface area (Å²) in [5, 5.41) is 22.7. The van der Waals surface area contributed by atoms with Gasteiger partial charge in [-0.25, -0.2) is 4.79 Å². The van der Waals surface area contributed by atoms with Crippen LogP contribution in [0.5, 0.6) is 5.75 Å². The Morgan fingerprint density at radius 1 is 1.29 bits per heavy atom. The normalized spacial score (nSPS) is 10.7. The predicted octanol–water partition coefficient (Wildman–Crippen LogP) is 1.63. The minimum Gasteiger partial charge on any atom is -0.465 e. The Kier molecular flexibility index (Phi) is 5.89. The van der Waals surface area contributed by atoms with Crippen molar-refractivity contribution in [3.8, 4) is 5.75 Å². The number of hydrogen-bond acceptors (Lipinski definition) is 3. The first-order valence-electron chi connectivity index (χ1n) is 3.84. The molecule has 1 rings (SSSR count). The van der Waals surface area contributed by atoms with E-state index in [1.165, 1.54) is 0 Å². The molecule has 3 N–H and O–H groups in total. The lowest BCUT2D eigenvalue weighted by Crippen LogP contribution is -2.08. The third-order valence-electron chi connectivity index (χ3n) is 1.05. The van der Waals surface area contributed by atoms with Crippen LogP contribution >= 0.6 is 0 Å². The summed E-state index contributed by atoms with van der Waals surface area (Å²) in [5.74, 6) is 0.692. The Labute approximate surface area is 81.2 Å². The Morgan fingerprint density at radius 2 is 1.71 bits per heavy atom. The van der Waals surface area contributed by atoms with E-state index in [2.05, 4.69) is 0 Å². The number of carboxylic acid groups (broad SMARTS) is 2. The van der Waals surface area contributed by atoms with Crippen LogP contribution < -0.4 is 4.74 Å². The Balaban J connectivity index is 0.000000364. The van der Waals surface area contributed by atoms with Crippen LogP contribution in [-0.2, 0) is 0 Å². The molecule has 0 fully saturated rings. The number of aliphatic hydroxyl groups excluding tert-OH is 1. The number of ether oxygens (including phenoxy) is 1. The number of rotatable bonds is 2. The number of aliphatic hydroxyl groups is 1. The van der Waals surface area contributed by atoms with Crippen molar-refractivity contribution >= 4 is 6.16 Å². The van der Waals surface area contributed by atoms with Crippen molar-refractivity contribution < 1.29 is 24.9 Å². The average Bonchev–Trinajstić information content (AvgIpc) is 2.03. The molecule has 1 aromatic carbocycles. The Bertz CT molecular complexity index is 253. The van der Waals surface area contributed by atoms with E-state index >= 15 is 0 Å². The van der Waals surface area contributed by atoms with Crippen LogP contribution in [0.1, 0.15) is 6.92 Å². The zero-order valence-corrected chi connectivity index (χ0v) is 7.62. The van der Waals surface area contributed by atoms with Crippen LogP contribution in [0.2, 0.25) is 0 Å². The third-order valence-corrected chi connectivity index (χ3v) is 1.05. The van der Waals surface area contributed by atoms with E-state index in [0.717, 1.165) is 0 Å². The second-order valence-corrected chi connectivity index (χ2v) is 2.31. The minimum absolute atomic E-state index is 0.692. The number of benzene rings is 1. The molecule has 0 aromatic heterocycles. The summed E-state index contributed by atoms with van der Waals surface area (Å²) < 4.78 is 4.97. The lowest BCUT2D eigenvalue weighted by Gasteiger charge is -2.06. The van der Waals surface area contributed by atoms with Crippen molar-refractivity contribution in [1.82, 2.24) is 0 Å². The van der Waals surface area contributed by atoms with Gasteiger partial charge in [0.05, 0.1) is 0 Å². The molecule has 0 saturated heterocycles. The smallest absolute Gasteiger partial charge is 0.465 e. The standard InChI is InChI=1S/C8H10O2.CH2O3/c1-7(9)10-8-5-3-2-4-6-8;2-1(3)4/h2-7,9H,1H3;(H2,2,3,4). The van der Waals surface area contributed by atoms with Crippen LogP contribution in [0.3, 0.4) is 0 Å². The molecule has 0 aliphatic heterocycles. The van der Waals surface area contributed by atoms with Crippen molar-refractivity contribution in [3.05, 3.63) is 30.3 Å². The highest BCUT2D eigenvalue weighted by Gasteiger charge is 1.94. The van der Waals surface area contributed by atoms with E-state index in [9.17, 15) is 0 Å².